The Bertz CT molecular complexity index is 568. The lowest BCUT2D eigenvalue weighted by molar-refractivity contribution is 0.630. The molecule has 0 aliphatic heterocycles. The van der Waals surface area contributed by atoms with Gasteiger partial charge in [-0.3, -0.25) is 0 Å². The molecular formula is C14H19FN4S. The maximum Gasteiger partial charge on any atom is 0.148 e. The lowest BCUT2D eigenvalue weighted by atomic mass is 10.2. The highest BCUT2D eigenvalue weighted by atomic mass is 32.1. The largest absolute Gasteiger partial charge is 0.381 e. The fraction of sp³-hybridized carbons (Fsp3) is 0.429. The lowest BCUT2D eigenvalue weighted by Crippen LogP contribution is -2.13. The van der Waals surface area contributed by atoms with Crippen LogP contribution in [0, 0.1) is 5.82 Å². The van der Waals surface area contributed by atoms with Crippen molar-refractivity contribution < 1.29 is 4.39 Å². The monoisotopic (exact) mass is 294 g/mol. The number of nitrogens with one attached hydrogen (secondary N) is 2. The van der Waals surface area contributed by atoms with Gasteiger partial charge in [-0.15, -0.1) is 10.2 Å². The van der Waals surface area contributed by atoms with Crippen molar-refractivity contribution in [2.45, 2.75) is 39.8 Å². The summed E-state index contributed by atoms with van der Waals surface area (Å²) in [5.41, 5.74) is 1.25. The topological polar surface area (TPSA) is 49.8 Å². The minimum Gasteiger partial charge on any atom is -0.381 e. The molecule has 1 aromatic carbocycles. The van der Waals surface area contributed by atoms with Crippen LogP contribution >= 0.6 is 11.3 Å². The number of para-hydroxylation sites is 1. The van der Waals surface area contributed by atoms with Crippen LogP contribution in [0.1, 0.15) is 30.8 Å². The Hall–Kier alpha value is -1.69. The molecule has 6 heteroatoms. The number of hydrogen-bond acceptors (Lipinski definition) is 5. The highest BCUT2D eigenvalue weighted by molar-refractivity contribution is 7.11. The van der Waals surface area contributed by atoms with Gasteiger partial charge in [-0.05, 0) is 32.4 Å². The zero-order valence-corrected chi connectivity index (χ0v) is 12.7. The van der Waals surface area contributed by atoms with Gasteiger partial charge in [0.05, 0.1) is 17.9 Å². The summed E-state index contributed by atoms with van der Waals surface area (Å²) in [6, 6.07) is 5.25. The Morgan fingerprint density at radius 1 is 1.25 bits per heavy atom. The van der Waals surface area contributed by atoms with E-state index >= 15 is 0 Å². The Labute approximate surface area is 122 Å². The molecule has 0 bridgehead atoms. The van der Waals surface area contributed by atoms with E-state index < -0.39 is 0 Å². The highest BCUT2D eigenvalue weighted by Gasteiger charge is 2.10. The number of aryl methyl sites for hydroxylation is 1. The predicted molar refractivity (Wildman–Crippen MR) is 81.8 cm³/mol. The molecule has 20 heavy (non-hydrogen) atoms. The van der Waals surface area contributed by atoms with Gasteiger partial charge >= 0.3 is 0 Å². The van der Waals surface area contributed by atoms with Crippen LogP contribution in [0.15, 0.2) is 18.2 Å². The van der Waals surface area contributed by atoms with Gasteiger partial charge < -0.3 is 10.6 Å². The minimum absolute atomic E-state index is 0.241. The van der Waals surface area contributed by atoms with E-state index in [9.17, 15) is 4.39 Å². The van der Waals surface area contributed by atoms with Gasteiger partial charge in [-0.25, -0.2) is 4.39 Å². The average Bonchev–Trinajstić information content (AvgIpc) is 2.85. The van der Waals surface area contributed by atoms with Crippen LogP contribution in [0.3, 0.4) is 0 Å². The zero-order chi connectivity index (χ0) is 14.5. The first-order chi connectivity index (χ1) is 9.60. The molecule has 0 radical (unpaired) electrons. The van der Waals surface area contributed by atoms with E-state index in [2.05, 4.69) is 20.8 Å². The molecule has 0 aliphatic rings. The number of anilines is 2. The number of halogens is 1. The standard InChI is InChI=1S/C14H19FN4S/c1-4-12-18-19-13(20-12)8-16-14-10(15)6-5-7-11(14)17-9(2)3/h5-7,9,16-17H,4,8H2,1-3H3. The van der Waals surface area contributed by atoms with Crippen LogP contribution in [0.5, 0.6) is 0 Å². The van der Waals surface area contributed by atoms with Gasteiger partial charge in [-0.2, -0.15) is 0 Å². The van der Waals surface area contributed by atoms with Gasteiger partial charge in [0.15, 0.2) is 0 Å². The molecule has 0 saturated heterocycles. The van der Waals surface area contributed by atoms with Gasteiger partial charge in [0.1, 0.15) is 15.8 Å². The maximum atomic E-state index is 13.9. The number of aromatic nitrogens is 2. The molecule has 2 N–H and O–H groups in total. The van der Waals surface area contributed by atoms with Crippen molar-refractivity contribution in [1.29, 1.82) is 0 Å². The summed E-state index contributed by atoms with van der Waals surface area (Å²) in [5, 5.41) is 16.3. The van der Waals surface area contributed by atoms with Crippen molar-refractivity contribution in [1.82, 2.24) is 10.2 Å². The van der Waals surface area contributed by atoms with Crippen LogP contribution in [0.2, 0.25) is 0 Å². The summed E-state index contributed by atoms with van der Waals surface area (Å²) in [4.78, 5) is 0. The first kappa shape index (κ1) is 14.7. The fourth-order valence-corrected chi connectivity index (χ4v) is 2.53. The number of benzene rings is 1. The third-order valence-corrected chi connectivity index (χ3v) is 3.75. The molecule has 4 nitrogen and oxygen atoms in total. The Morgan fingerprint density at radius 2 is 2.00 bits per heavy atom. The van der Waals surface area contributed by atoms with Crippen molar-refractivity contribution in [3.05, 3.63) is 34.0 Å². The first-order valence-corrected chi connectivity index (χ1v) is 7.52. The molecule has 2 aromatic rings. The minimum atomic E-state index is -0.268. The van der Waals surface area contributed by atoms with Crippen molar-refractivity contribution >= 4 is 22.7 Å². The van der Waals surface area contributed by atoms with Crippen LogP contribution in [-0.2, 0) is 13.0 Å². The van der Waals surface area contributed by atoms with Gasteiger partial charge in [0.2, 0.25) is 0 Å². The van der Waals surface area contributed by atoms with Gasteiger partial charge in [-0.1, -0.05) is 24.3 Å². The Morgan fingerprint density at radius 3 is 2.65 bits per heavy atom. The number of rotatable bonds is 6. The summed E-state index contributed by atoms with van der Waals surface area (Å²) in [6.07, 6.45) is 0.873. The van der Waals surface area contributed by atoms with Crippen molar-refractivity contribution in [3.63, 3.8) is 0 Å². The lowest BCUT2D eigenvalue weighted by Gasteiger charge is -2.16. The number of nitrogens with zero attached hydrogens (tertiary/aromatic N) is 2. The van der Waals surface area contributed by atoms with E-state index in [4.69, 9.17) is 0 Å². The van der Waals surface area contributed by atoms with Crippen LogP contribution < -0.4 is 10.6 Å². The van der Waals surface area contributed by atoms with E-state index in [1.165, 1.54) is 6.07 Å². The smallest absolute Gasteiger partial charge is 0.148 e. The number of hydrogen-bond donors (Lipinski definition) is 2. The van der Waals surface area contributed by atoms with E-state index in [1.54, 1.807) is 17.4 Å². The third kappa shape index (κ3) is 3.66. The molecule has 2 rings (SSSR count). The molecule has 1 aromatic heterocycles. The molecule has 1 heterocycles. The van der Waals surface area contributed by atoms with Crippen LogP contribution in [0.4, 0.5) is 15.8 Å². The first-order valence-electron chi connectivity index (χ1n) is 6.70. The fourth-order valence-electron chi connectivity index (χ4n) is 1.80. The third-order valence-electron chi connectivity index (χ3n) is 2.69. The zero-order valence-electron chi connectivity index (χ0n) is 11.9. The average molecular weight is 294 g/mol. The van der Waals surface area contributed by atoms with Gasteiger partial charge in [0.25, 0.3) is 0 Å². The normalized spacial score (nSPS) is 10.8. The van der Waals surface area contributed by atoms with Crippen molar-refractivity contribution in [2.75, 3.05) is 10.6 Å². The molecular weight excluding hydrogens is 275 g/mol. The SMILES string of the molecule is CCc1nnc(CNc2c(F)cccc2NC(C)C)s1. The van der Waals surface area contributed by atoms with Crippen LogP contribution in [-0.4, -0.2) is 16.2 Å². The predicted octanol–water partition coefficient (Wildman–Crippen LogP) is 3.67. The van der Waals surface area contributed by atoms with Crippen LogP contribution in [0.25, 0.3) is 0 Å². The summed E-state index contributed by atoms with van der Waals surface area (Å²) < 4.78 is 13.9. The molecule has 0 aliphatic carbocycles. The molecule has 0 atom stereocenters. The molecule has 0 amide bonds. The maximum absolute atomic E-state index is 13.9. The molecule has 0 saturated carbocycles. The summed E-state index contributed by atoms with van der Waals surface area (Å²) >= 11 is 1.55. The molecule has 0 unspecified atom stereocenters. The summed E-state index contributed by atoms with van der Waals surface area (Å²) in [7, 11) is 0. The molecule has 108 valence electrons. The quantitative estimate of drug-likeness (QED) is 0.853. The second kappa shape index (κ2) is 6.65. The summed E-state index contributed by atoms with van der Waals surface area (Å²) in [5.74, 6) is -0.268. The second-order valence-corrected chi connectivity index (χ2v) is 5.90. The van der Waals surface area contributed by atoms with Crippen molar-refractivity contribution in [3.8, 4) is 0 Å². The summed E-state index contributed by atoms with van der Waals surface area (Å²) in [6.45, 7) is 6.56. The Kier molecular flexibility index (Phi) is 4.89. The molecule has 0 fully saturated rings. The molecule has 0 spiro atoms. The van der Waals surface area contributed by atoms with E-state index in [-0.39, 0.29) is 11.9 Å². The van der Waals surface area contributed by atoms with Crippen molar-refractivity contribution in [2.24, 2.45) is 0 Å². The van der Waals surface area contributed by atoms with E-state index in [0.29, 0.717) is 12.2 Å². The van der Waals surface area contributed by atoms with Gasteiger partial charge in [0, 0.05) is 6.04 Å². The second-order valence-electron chi connectivity index (χ2n) is 4.76. The van der Waals surface area contributed by atoms with E-state index in [0.717, 1.165) is 22.1 Å². The highest BCUT2D eigenvalue weighted by Crippen LogP contribution is 2.26. The van der Waals surface area contributed by atoms with E-state index in [1.807, 2.05) is 26.8 Å². The Balaban J connectivity index is 2.11.